The minimum Gasteiger partial charge on any atom is -0.462 e. The van der Waals surface area contributed by atoms with Gasteiger partial charge in [0.2, 0.25) is 0 Å². The van der Waals surface area contributed by atoms with Gasteiger partial charge >= 0.3 is 25.4 Å². The number of aromatic nitrogens is 2. The number of aliphatic hydroxyl groups is 1. The van der Waals surface area contributed by atoms with Crippen molar-refractivity contribution in [3.8, 4) is 5.75 Å². The number of hydrogen-bond acceptors (Lipinski definition) is 12. The van der Waals surface area contributed by atoms with Gasteiger partial charge in [-0.25, -0.2) is 18.3 Å². The molecule has 3 rings (SSSR count). The second-order valence-electron chi connectivity index (χ2n) is 11.3. The molecule has 0 saturated carbocycles. The number of carbonyl (C=O) groups excluding carboxylic acids is 2. The van der Waals surface area contributed by atoms with Gasteiger partial charge in [-0.15, -0.1) is 0 Å². The summed E-state index contributed by atoms with van der Waals surface area (Å²) in [6.45, 7) is 7.46. The first kappa shape index (κ1) is 36.1. The number of nitrogens with one attached hydrogen (secondary N) is 1. The van der Waals surface area contributed by atoms with Gasteiger partial charge in [-0.3, -0.25) is 23.5 Å². The van der Waals surface area contributed by atoms with Crippen LogP contribution in [0.15, 0.2) is 52.2 Å². The van der Waals surface area contributed by atoms with E-state index in [1.165, 1.54) is 19.1 Å². The average Bonchev–Trinajstić information content (AvgIpc) is 3.19. The largest absolute Gasteiger partial charge is 0.462 e. The Bertz CT molecular complexity index is 1500. The van der Waals surface area contributed by atoms with Gasteiger partial charge in [-0.1, -0.05) is 32.0 Å². The summed E-state index contributed by atoms with van der Waals surface area (Å²) in [5, 5.41) is 13.3. The number of para-hydroxylation sites is 1. The van der Waals surface area contributed by atoms with Crippen LogP contribution in [-0.2, 0) is 39.6 Å². The smallest absolute Gasteiger partial charge is 0.459 e. The van der Waals surface area contributed by atoms with Crippen LogP contribution in [0.3, 0.4) is 0 Å². The van der Waals surface area contributed by atoms with E-state index in [0.29, 0.717) is 9.13 Å². The van der Waals surface area contributed by atoms with Crippen LogP contribution >= 0.6 is 7.75 Å². The number of carbonyl (C=O) groups is 2. The summed E-state index contributed by atoms with van der Waals surface area (Å²) >= 11 is 0. The number of nitrogens with zero attached hydrogens (tertiary/aromatic N) is 2. The third-order valence-electron chi connectivity index (χ3n) is 6.83. The molecule has 1 aromatic heterocycles. The van der Waals surface area contributed by atoms with Gasteiger partial charge in [0.05, 0.1) is 12.7 Å². The van der Waals surface area contributed by atoms with Crippen molar-refractivity contribution in [2.75, 3.05) is 6.61 Å². The van der Waals surface area contributed by atoms with E-state index in [4.69, 9.17) is 29.0 Å². The fraction of sp³-hybridized carbons (Fsp3) is 0.571. The van der Waals surface area contributed by atoms with Crippen molar-refractivity contribution in [3.05, 3.63) is 63.4 Å². The maximum atomic E-state index is 16.0. The summed E-state index contributed by atoms with van der Waals surface area (Å²) in [7, 11) is -4.40. The molecule has 1 saturated heterocycles. The lowest BCUT2D eigenvalue weighted by Crippen LogP contribution is -2.47. The van der Waals surface area contributed by atoms with Crippen LogP contribution in [-0.4, -0.2) is 68.9 Å². The minimum absolute atomic E-state index is 0.114. The van der Waals surface area contributed by atoms with Gasteiger partial charge in [-0.05, 0) is 45.7 Å². The minimum atomic E-state index is -4.40. The van der Waals surface area contributed by atoms with Crippen LogP contribution in [0.4, 0.5) is 4.39 Å². The normalized spacial score (nSPS) is 24.2. The zero-order chi connectivity index (χ0) is 33.7. The van der Waals surface area contributed by atoms with Crippen molar-refractivity contribution in [2.45, 2.75) is 90.6 Å². The second-order valence-corrected chi connectivity index (χ2v) is 13.0. The highest BCUT2D eigenvalue weighted by Gasteiger charge is 2.56. The summed E-state index contributed by atoms with van der Waals surface area (Å²) in [4.78, 5) is 50.2. The fourth-order valence-electron chi connectivity index (χ4n) is 4.18. The lowest BCUT2D eigenvalue weighted by molar-refractivity contribution is -0.151. The molecule has 1 aliphatic rings. The Labute approximate surface area is 258 Å². The second kappa shape index (κ2) is 14.8. The van der Waals surface area contributed by atoms with Crippen LogP contribution in [0.5, 0.6) is 5.75 Å². The van der Waals surface area contributed by atoms with Crippen molar-refractivity contribution in [2.24, 2.45) is 11.7 Å². The standard InChI is InChI=1S/C28H40FN4O11P/c1-16(2)22(30)25(37)40-15-33-21(34)12-13-32(27(33)38)26-28(6,29)23(35)20(43-26)14-41-45(39,44-19-10-8-7-9-11-19)31-18(5)24(36)42-17(3)4/h7-13,16-18,20,22-23,26,35H,14-15,30H2,1-6H3,(H,31,39)/t18-,20+,22-,23+,26+,28+,45+/m0/s1. The highest BCUT2D eigenvalue weighted by molar-refractivity contribution is 7.52. The maximum absolute atomic E-state index is 16.0. The number of halogens is 1. The number of hydrogen-bond donors (Lipinski definition) is 3. The summed E-state index contributed by atoms with van der Waals surface area (Å²) in [6, 6.07) is 6.63. The number of esters is 2. The first-order valence-electron chi connectivity index (χ1n) is 14.2. The van der Waals surface area contributed by atoms with Gasteiger partial charge in [0.15, 0.2) is 18.6 Å². The zero-order valence-electron chi connectivity index (χ0n) is 25.8. The molecule has 15 nitrogen and oxygen atoms in total. The molecule has 0 amide bonds. The molecular formula is C28H40FN4O11P. The molecule has 0 bridgehead atoms. The Morgan fingerprint density at radius 3 is 2.38 bits per heavy atom. The molecule has 0 aliphatic carbocycles. The van der Waals surface area contributed by atoms with Crippen molar-refractivity contribution in [3.63, 3.8) is 0 Å². The van der Waals surface area contributed by atoms with E-state index in [-0.39, 0.29) is 11.7 Å². The van der Waals surface area contributed by atoms with Crippen LogP contribution in [0.2, 0.25) is 0 Å². The molecule has 1 aliphatic heterocycles. The third kappa shape index (κ3) is 8.87. The number of benzene rings is 1. The lowest BCUT2D eigenvalue weighted by Gasteiger charge is -2.26. The SMILES string of the molecule is CC(C)OC(=O)[C@H](C)N[P@@](=O)(OC[C@H]1O[C@@H](n2ccc(=O)n(COC(=O)[C@@H](N)C(C)C)c2=O)[C@](C)(F)[C@@H]1O)Oc1ccccc1. The summed E-state index contributed by atoms with van der Waals surface area (Å²) in [6.07, 6.45) is -4.72. The Kier molecular flexibility index (Phi) is 11.9. The molecular weight excluding hydrogens is 618 g/mol. The number of nitrogens with two attached hydrogens (primary N) is 1. The number of ether oxygens (including phenoxy) is 3. The number of alkyl halides is 1. The van der Waals surface area contributed by atoms with Crippen LogP contribution in [0.1, 0.15) is 47.8 Å². The van der Waals surface area contributed by atoms with E-state index in [1.807, 2.05) is 0 Å². The van der Waals surface area contributed by atoms with Crippen LogP contribution in [0, 0.1) is 5.92 Å². The van der Waals surface area contributed by atoms with Gasteiger partial charge in [0, 0.05) is 12.3 Å². The van der Waals surface area contributed by atoms with Crippen molar-refractivity contribution < 1.29 is 46.9 Å². The van der Waals surface area contributed by atoms with Gasteiger partial charge < -0.3 is 29.6 Å². The fourth-order valence-corrected chi connectivity index (χ4v) is 5.68. The molecule has 1 fully saturated rings. The quantitative estimate of drug-likeness (QED) is 0.196. The van der Waals surface area contributed by atoms with E-state index < -0.39 is 86.6 Å². The Morgan fingerprint density at radius 2 is 1.78 bits per heavy atom. The third-order valence-corrected chi connectivity index (χ3v) is 8.47. The average molecular weight is 659 g/mol. The first-order valence-corrected chi connectivity index (χ1v) is 15.7. The molecule has 2 aromatic rings. The molecule has 0 spiro atoms. The predicted molar refractivity (Wildman–Crippen MR) is 158 cm³/mol. The summed E-state index contributed by atoms with van der Waals surface area (Å²) < 4.78 is 57.9. The van der Waals surface area contributed by atoms with Crippen LogP contribution in [0.25, 0.3) is 0 Å². The molecule has 45 heavy (non-hydrogen) atoms. The van der Waals surface area contributed by atoms with E-state index in [1.54, 1.807) is 45.9 Å². The van der Waals surface area contributed by atoms with Crippen molar-refractivity contribution in [1.82, 2.24) is 14.2 Å². The Hall–Kier alpha value is -3.40. The molecule has 1 aromatic carbocycles. The van der Waals surface area contributed by atoms with E-state index in [9.17, 15) is 28.8 Å². The van der Waals surface area contributed by atoms with E-state index >= 15 is 4.39 Å². The van der Waals surface area contributed by atoms with Crippen molar-refractivity contribution in [1.29, 1.82) is 0 Å². The van der Waals surface area contributed by atoms with Gasteiger partial charge in [-0.2, -0.15) is 5.09 Å². The highest BCUT2D eigenvalue weighted by atomic mass is 31.2. The lowest BCUT2D eigenvalue weighted by atomic mass is 9.98. The van der Waals surface area contributed by atoms with E-state index in [2.05, 4.69) is 5.09 Å². The number of rotatable bonds is 14. The Balaban J connectivity index is 1.83. The van der Waals surface area contributed by atoms with Crippen LogP contribution < -0.4 is 26.6 Å². The monoisotopic (exact) mass is 658 g/mol. The molecule has 250 valence electrons. The van der Waals surface area contributed by atoms with Crippen molar-refractivity contribution >= 4 is 19.7 Å². The number of aliphatic hydroxyl groups excluding tert-OH is 1. The molecule has 4 N–H and O–H groups in total. The molecule has 2 heterocycles. The Morgan fingerprint density at radius 1 is 1.13 bits per heavy atom. The van der Waals surface area contributed by atoms with Gasteiger partial charge in [0.25, 0.3) is 5.56 Å². The molecule has 7 atom stereocenters. The summed E-state index contributed by atoms with van der Waals surface area (Å²) in [5.41, 5.74) is 1.16. The maximum Gasteiger partial charge on any atom is 0.459 e. The summed E-state index contributed by atoms with van der Waals surface area (Å²) in [5.74, 6) is -1.76. The van der Waals surface area contributed by atoms with E-state index in [0.717, 1.165) is 19.2 Å². The zero-order valence-corrected chi connectivity index (χ0v) is 26.7. The molecule has 0 radical (unpaired) electrons. The molecule has 0 unspecified atom stereocenters. The first-order chi connectivity index (χ1) is 21.0. The molecule has 17 heteroatoms. The predicted octanol–water partition coefficient (Wildman–Crippen LogP) is 1.61. The highest BCUT2D eigenvalue weighted by Crippen LogP contribution is 2.47. The topological polar surface area (TPSA) is 200 Å². The van der Waals surface area contributed by atoms with Gasteiger partial charge in [0.1, 0.15) is 30.0 Å².